The fraction of sp³-hybridized carbons (Fsp3) is 0.538. The fourth-order valence-corrected chi connectivity index (χ4v) is 4.96. The molecular weight excluding hydrogens is 298 g/mol. The van der Waals surface area contributed by atoms with Gasteiger partial charge in [-0.15, -0.1) is 23.1 Å². The number of hydrogen-bond acceptors (Lipinski definition) is 5. The Labute approximate surface area is 126 Å². The molecule has 1 aromatic rings. The molecular formula is C13H17NO2S3. The number of thiophene rings is 1. The standard InChI is InChI=1S/C13H17NO2S3/c1-13(2)5-7-9(8(16)6-13)12(18-4-3-15)19-10(7)11(14)17/h15H,3-6H2,1-2H3,(H2,14,17). The first-order valence-electron chi connectivity index (χ1n) is 6.08. The topological polar surface area (TPSA) is 63.3 Å². The molecule has 1 aliphatic carbocycles. The second kappa shape index (κ2) is 5.52. The highest BCUT2D eigenvalue weighted by Gasteiger charge is 2.36. The van der Waals surface area contributed by atoms with Crippen molar-refractivity contribution < 1.29 is 9.90 Å². The zero-order valence-electron chi connectivity index (χ0n) is 11.0. The lowest BCUT2D eigenvalue weighted by atomic mass is 9.74. The van der Waals surface area contributed by atoms with Crippen molar-refractivity contribution in [2.45, 2.75) is 30.9 Å². The summed E-state index contributed by atoms with van der Waals surface area (Å²) >= 11 is 8.11. The first-order chi connectivity index (χ1) is 8.85. The summed E-state index contributed by atoms with van der Waals surface area (Å²) in [5.74, 6) is 0.755. The zero-order chi connectivity index (χ0) is 14.2. The van der Waals surface area contributed by atoms with E-state index in [4.69, 9.17) is 23.1 Å². The van der Waals surface area contributed by atoms with Crippen molar-refractivity contribution in [3.8, 4) is 0 Å². The van der Waals surface area contributed by atoms with Gasteiger partial charge >= 0.3 is 0 Å². The van der Waals surface area contributed by atoms with Crippen LogP contribution in [-0.4, -0.2) is 28.2 Å². The molecule has 0 aromatic carbocycles. The van der Waals surface area contributed by atoms with Crippen LogP contribution in [0.2, 0.25) is 0 Å². The molecule has 0 bridgehead atoms. The molecule has 3 nitrogen and oxygen atoms in total. The Morgan fingerprint density at radius 3 is 2.79 bits per heavy atom. The molecule has 0 saturated carbocycles. The van der Waals surface area contributed by atoms with E-state index in [1.54, 1.807) is 0 Å². The third kappa shape index (κ3) is 3.02. The molecule has 19 heavy (non-hydrogen) atoms. The predicted octanol–water partition coefficient (Wildman–Crippen LogP) is 2.62. The number of hydrogen-bond donors (Lipinski definition) is 2. The van der Waals surface area contributed by atoms with Gasteiger partial charge in [-0.1, -0.05) is 26.1 Å². The van der Waals surface area contributed by atoms with E-state index < -0.39 is 0 Å². The van der Waals surface area contributed by atoms with E-state index in [2.05, 4.69) is 13.8 Å². The van der Waals surface area contributed by atoms with Crippen molar-refractivity contribution in [1.82, 2.24) is 0 Å². The number of aliphatic hydroxyl groups is 1. The average Bonchev–Trinajstić information content (AvgIpc) is 2.63. The van der Waals surface area contributed by atoms with Crippen molar-refractivity contribution in [2.24, 2.45) is 11.1 Å². The molecule has 104 valence electrons. The number of ketones is 1. The Balaban J connectivity index is 2.51. The molecule has 0 amide bonds. The van der Waals surface area contributed by atoms with E-state index in [1.165, 1.54) is 23.1 Å². The number of nitrogens with two attached hydrogens (primary N) is 1. The highest BCUT2D eigenvalue weighted by molar-refractivity contribution is 8.01. The molecule has 1 heterocycles. The van der Waals surface area contributed by atoms with Gasteiger partial charge in [-0.2, -0.15) is 0 Å². The number of thiocarbonyl (C=S) groups is 1. The Bertz CT molecular complexity index is 534. The normalized spacial score (nSPS) is 17.3. The lowest BCUT2D eigenvalue weighted by Gasteiger charge is -2.29. The summed E-state index contributed by atoms with van der Waals surface area (Å²) in [5.41, 5.74) is 7.56. The molecule has 1 aliphatic rings. The summed E-state index contributed by atoms with van der Waals surface area (Å²) < 4.78 is 0.951. The molecule has 0 aliphatic heterocycles. The number of rotatable bonds is 4. The lowest BCUT2D eigenvalue weighted by Crippen LogP contribution is -2.28. The summed E-state index contributed by atoms with van der Waals surface area (Å²) in [4.78, 5) is 13.6. The van der Waals surface area contributed by atoms with Crippen molar-refractivity contribution in [3.05, 3.63) is 16.0 Å². The largest absolute Gasteiger partial charge is 0.396 e. The Hall–Kier alpha value is -0.430. The van der Waals surface area contributed by atoms with Crippen molar-refractivity contribution in [2.75, 3.05) is 12.4 Å². The van der Waals surface area contributed by atoms with Gasteiger partial charge in [0.05, 0.1) is 15.7 Å². The quantitative estimate of drug-likeness (QED) is 0.660. The molecule has 0 radical (unpaired) electrons. The maximum absolute atomic E-state index is 12.4. The predicted molar refractivity (Wildman–Crippen MR) is 84.4 cm³/mol. The van der Waals surface area contributed by atoms with Crippen LogP contribution in [0.4, 0.5) is 0 Å². The van der Waals surface area contributed by atoms with Gasteiger partial charge in [-0.25, -0.2) is 0 Å². The molecule has 3 N–H and O–H groups in total. The summed E-state index contributed by atoms with van der Waals surface area (Å²) in [7, 11) is 0. The number of Topliss-reactive ketones (excluding diaryl/α,β-unsaturated/α-hetero) is 1. The van der Waals surface area contributed by atoms with Crippen LogP contribution in [0, 0.1) is 5.41 Å². The van der Waals surface area contributed by atoms with E-state index >= 15 is 0 Å². The van der Waals surface area contributed by atoms with Gasteiger partial charge in [-0.3, -0.25) is 4.79 Å². The van der Waals surface area contributed by atoms with Gasteiger partial charge in [-0.05, 0) is 17.4 Å². The van der Waals surface area contributed by atoms with Gasteiger partial charge in [0.15, 0.2) is 5.78 Å². The molecule has 0 saturated heterocycles. The van der Waals surface area contributed by atoms with E-state index in [-0.39, 0.29) is 17.8 Å². The maximum atomic E-state index is 12.4. The van der Waals surface area contributed by atoms with Gasteiger partial charge < -0.3 is 10.8 Å². The van der Waals surface area contributed by atoms with Gasteiger partial charge in [0.1, 0.15) is 4.99 Å². The van der Waals surface area contributed by atoms with E-state index in [0.29, 0.717) is 17.2 Å². The van der Waals surface area contributed by atoms with E-state index in [1.807, 2.05) is 0 Å². The molecule has 1 aromatic heterocycles. The number of thioether (sulfide) groups is 1. The average molecular weight is 315 g/mol. The maximum Gasteiger partial charge on any atom is 0.165 e. The lowest BCUT2D eigenvalue weighted by molar-refractivity contribution is 0.0910. The SMILES string of the molecule is CC1(C)CC(=O)c2c(SCCO)sc(C(N)=S)c2C1. The Morgan fingerprint density at radius 1 is 1.53 bits per heavy atom. The van der Waals surface area contributed by atoms with Crippen LogP contribution in [0.1, 0.15) is 41.1 Å². The molecule has 0 atom stereocenters. The van der Waals surface area contributed by atoms with Gasteiger partial charge in [0.2, 0.25) is 0 Å². The summed E-state index contributed by atoms with van der Waals surface area (Å²) in [6.45, 7) is 4.28. The third-order valence-electron chi connectivity index (χ3n) is 3.10. The number of fused-ring (bicyclic) bond motifs is 1. The molecule has 0 fully saturated rings. The highest BCUT2D eigenvalue weighted by atomic mass is 32.2. The van der Waals surface area contributed by atoms with E-state index in [0.717, 1.165) is 26.6 Å². The second-order valence-corrected chi connectivity index (χ2v) is 8.27. The first-order valence-corrected chi connectivity index (χ1v) is 8.29. The fourth-order valence-electron chi connectivity index (χ4n) is 2.40. The molecule has 2 rings (SSSR count). The minimum atomic E-state index is -0.0381. The van der Waals surface area contributed by atoms with E-state index in [9.17, 15) is 4.79 Å². The number of aliphatic hydroxyl groups excluding tert-OH is 1. The van der Waals surface area contributed by atoms with Crippen LogP contribution >= 0.6 is 35.3 Å². The number of carbonyl (C=O) groups is 1. The van der Waals surface area contributed by atoms with Gasteiger partial charge in [0, 0.05) is 17.7 Å². The van der Waals surface area contributed by atoms with Gasteiger partial charge in [0.25, 0.3) is 0 Å². The van der Waals surface area contributed by atoms with Crippen LogP contribution in [0.15, 0.2) is 4.21 Å². The van der Waals surface area contributed by atoms with Crippen molar-refractivity contribution in [1.29, 1.82) is 0 Å². The zero-order valence-corrected chi connectivity index (χ0v) is 13.4. The van der Waals surface area contributed by atoms with Crippen LogP contribution in [0.25, 0.3) is 0 Å². The second-order valence-electron chi connectivity index (χ2n) is 5.45. The van der Waals surface area contributed by atoms with Crippen LogP contribution in [0.3, 0.4) is 0 Å². The highest BCUT2D eigenvalue weighted by Crippen LogP contribution is 2.44. The number of carbonyl (C=O) groups excluding carboxylic acids is 1. The van der Waals surface area contributed by atoms with Crippen LogP contribution in [-0.2, 0) is 6.42 Å². The summed E-state index contributed by atoms with van der Waals surface area (Å²) in [6, 6.07) is 0. The van der Waals surface area contributed by atoms with Crippen LogP contribution < -0.4 is 5.73 Å². The summed E-state index contributed by atoms with van der Waals surface area (Å²) in [5, 5.41) is 8.95. The Kier molecular flexibility index (Phi) is 4.35. The smallest absolute Gasteiger partial charge is 0.165 e. The molecule has 6 heteroatoms. The molecule has 0 unspecified atom stereocenters. The van der Waals surface area contributed by atoms with Crippen LogP contribution in [0.5, 0.6) is 0 Å². The monoisotopic (exact) mass is 315 g/mol. The first kappa shape index (κ1) is 15.0. The summed E-state index contributed by atoms with van der Waals surface area (Å²) in [6.07, 6.45) is 1.39. The minimum absolute atomic E-state index is 0.0381. The third-order valence-corrected chi connectivity index (χ3v) is 5.95. The Morgan fingerprint density at radius 2 is 2.21 bits per heavy atom. The molecule has 0 spiro atoms. The van der Waals surface area contributed by atoms with Crippen molar-refractivity contribution >= 4 is 46.1 Å². The van der Waals surface area contributed by atoms with Crippen molar-refractivity contribution in [3.63, 3.8) is 0 Å². The minimum Gasteiger partial charge on any atom is -0.396 e.